The molecule has 0 saturated carbocycles. The Morgan fingerprint density at radius 2 is 1.45 bits per heavy atom. The lowest BCUT2D eigenvalue weighted by Crippen LogP contribution is -2.44. The van der Waals surface area contributed by atoms with Gasteiger partial charge in [-0.1, -0.05) is 63.1 Å². The number of rotatable bonds is 0. The fourth-order valence-corrected chi connectivity index (χ4v) is 3.91. The van der Waals surface area contributed by atoms with E-state index >= 15 is 0 Å². The van der Waals surface area contributed by atoms with Gasteiger partial charge in [-0.15, -0.1) is 0 Å². The van der Waals surface area contributed by atoms with Crippen molar-refractivity contribution in [3.63, 3.8) is 0 Å². The largest absolute Gasteiger partial charge is 0.367 e. The summed E-state index contributed by atoms with van der Waals surface area (Å²) in [5, 5.41) is 11.3. The molecule has 2 heterocycles. The van der Waals surface area contributed by atoms with Gasteiger partial charge in [0.15, 0.2) is 5.72 Å². The number of nitrogens with zero attached hydrogens (tertiary/aromatic N) is 1. The van der Waals surface area contributed by atoms with Gasteiger partial charge in [0, 0.05) is 17.7 Å². The fourth-order valence-electron chi connectivity index (χ4n) is 3.91. The van der Waals surface area contributed by atoms with Crippen molar-refractivity contribution in [1.29, 1.82) is 0 Å². The van der Waals surface area contributed by atoms with Crippen LogP contribution in [0.1, 0.15) is 80.1 Å². The van der Waals surface area contributed by atoms with Crippen LogP contribution < -0.4 is 0 Å². The molecule has 0 spiro atoms. The lowest BCUT2D eigenvalue weighted by molar-refractivity contribution is -0.0920. The van der Waals surface area contributed by atoms with Crippen LogP contribution in [0, 0.1) is 0 Å². The van der Waals surface area contributed by atoms with E-state index in [1.54, 1.807) is 4.90 Å². The van der Waals surface area contributed by atoms with Crippen LogP contribution in [0.25, 0.3) is 0 Å². The van der Waals surface area contributed by atoms with Crippen LogP contribution in [0.15, 0.2) is 24.3 Å². The third kappa shape index (κ3) is 2.91. The summed E-state index contributed by atoms with van der Waals surface area (Å²) < 4.78 is 0. The van der Waals surface area contributed by atoms with Crippen molar-refractivity contribution in [3.05, 3.63) is 35.4 Å². The Balaban J connectivity index is 1.84. The SMILES string of the molecule is O=C1c2ccccc2C2(O)CCCCCCCCCCCN12. The van der Waals surface area contributed by atoms with Crippen LogP contribution in [-0.2, 0) is 5.72 Å². The minimum atomic E-state index is -1.08. The van der Waals surface area contributed by atoms with Gasteiger partial charge in [0.1, 0.15) is 0 Å². The highest BCUT2D eigenvalue weighted by Gasteiger charge is 2.47. The summed E-state index contributed by atoms with van der Waals surface area (Å²) in [6, 6.07) is 7.59. The molecule has 1 aromatic carbocycles. The highest BCUT2D eigenvalue weighted by Crippen LogP contribution is 2.41. The average Bonchev–Trinajstić information content (AvgIpc) is 2.75. The zero-order valence-corrected chi connectivity index (χ0v) is 13.4. The third-order valence-corrected chi connectivity index (χ3v) is 5.19. The summed E-state index contributed by atoms with van der Waals surface area (Å²) >= 11 is 0. The topological polar surface area (TPSA) is 40.5 Å². The number of aliphatic hydroxyl groups is 1. The van der Waals surface area contributed by atoms with Gasteiger partial charge in [0.05, 0.1) is 0 Å². The van der Waals surface area contributed by atoms with Crippen LogP contribution in [0.2, 0.25) is 0 Å². The van der Waals surface area contributed by atoms with E-state index in [9.17, 15) is 9.90 Å². The Labute approximate surface area is 133 Å². The highest BCUT2D eigenvalue weighted by molar-refractivity contribution is 5.99. The van der Waals surface area contributed by atoms with Gasteiger partial charge in [0.25, 0.3) is 5.91 Å². The van der Waals surface area contributed by atoms with Crippen LogP contribution in [0.3, 0.4) is 0 Å². The van der Waals surface area contributed by atoms with Gasteiger partial charge < -0.3 is 10.0 Å². The van der Waals surface area contributed by atoms with Crippen molar-refractivity contribution in [2.45, 2.75) is 69.9 Å². The van der Waals surface area contributed by atoms with E-state index in [4.69, 9.17) is 0 Å². The van der Waals surface area contributed by atoms with E-state index in [1.165, 1.54) is 32.1 Å². The normalized spacial score (nSPS) is 27.3. The molecule has 3 rings (SSSR count). The van der Waals surface area contributed by atoms with Gasteiger partial charge in [-0.3, -0.25) is 4.79 Å². The molecule has 1 amide bonds. The number of fused-ring (bicyclic) bond motifs is 3. The van der Waals surface area contributed by atoms with E-state index in [2.05, 4.69) is 0 Å². The molecule has 1 atom stereocenters. The molecule has 3 nitrogen and oxygen atoms in total. The van der Waals surface area contributed by atoms with Crippen molar-refractivity contribution in [3.8, 4) is 0 Å². The molecule has 2 aliphatic rings. The van der Waals surface area contributed by atoms with E-state index in [-0.39, 0.29) is 5.91 Å². The van der Waals surface area contributed by atoms with Gasteiger partial charge >= 0.3 is 0 Å². The Morgan fingerprint density at radius 3 is 2.18 bits per heavy atom. The van der Waals surface area contributed by atoms with E-state index < -0.39 is 5.72 Å². The zero-order valence-electron chi connectivity index (χ0n) is 13.4. The van der Waals surface area contributed by atoms with Crippen molar-refractivity contribution < 1.29 is 9.90 Å². The lowest BCUT2D eigenvalue weighted by atomic mass is 9.95. The molecule has 120 valence electrons. The lowest BCUT2D eigenvalue weighted by Gasteiger charge is -2.34. The van der Waals surface area contributed by atoms with Crippen LogP contribution in [-0.4, -0.2) is 22.5 Å². The maximum absolute atomic E-state index is 12.7. The van der Waals surface area contributed by atoms with Gasteiger partial charge in [-0.25, -0.2) is 0 Å². The molecule has 0 radical (unpaired) electrons. The number of hydrogen-bond donors (Lipinski definition) is 1. The van der Waals surface area contributed by atoms with Crippen LogP contribution in [0.5, 0.6) is 0 Å². The predicted molar refractivity (Wildman–Crippen MR) is 87.5 cm³/mol. The van der Waals surface area contributed by atoms with Gasteiger partial charge in [-0.05, 0) is 25.3 Å². The fraction of sp³-hybridized carbons (Fsp3) is 0.632. The minimum Gasteiger partial charge on any atom is -0.367 e. The molecule has 3 heteroatoms. The summed E-state index contributed by atoms with van der Waals surface area (Å²) in [5.41, 5.74) is 0.425. The molecular formula is C19H27NO2. The second kappa shape index (κ2) is 6.82. The first kappa shape index (κ1) is 15.5. The number of carbonyl (C=O) groups is 1. The van der Waals surface area contributed by atoms with E-state index in [1.807, 2.05) is 24.3 Å². The Morgan fingerprint density at radius 1 is 0.864 bits per heavy atom. The van der Waals surface area contributed by atoms with Crippen LogP contribution >= 0.6 is 0 Å². The molecule has 1 fully saturated rings. The van der Waals surface area contributed by atoms with E-state index in [0.717, 1.165) is 31.2 Å². The summed E-state index contributed by atoms with van der Waals surface area (Å²) in [7, 11) is 0. The first-order chi connectivity index (χ1) is 10.7. The predicted octanol–water partition coefficient (Wildman–Crippen LogP) is 4.20. The standard InChI is InChI=1S/C19H27NO2/c21-18-16-12-8-9-13-17(16)19(22)14-10-6-4-2-1-3-5-7-11-15-20(18)19/h8-9,12-13,22H,1-7,10-11,14-15H2. The van der Waals surface area contributed by atoms with Crippen molar-refractivity contribution in [1.82, 2.24) is 4.90 Å². The molecule has 1 N–H and O–H groups in total. The zero-order chi connectivity index (χ0) is 15.4. The maximum Gasteiger partial charge on any atom is 0.256 e. The molecule has 0 aromatic heterocycles. The van der Waals surface area contributed by atoms with Crippen molar-refractivity contribution >= 4 is 5.91 Å². The maximum atomic E-state index is 12.7. The van der Waals surface area contributed by atoms with Gasteiger partial charge in [-0.2, -0.15) is 0 Å². The first-order valence-electron chi connectivity index (χ1n) is 8.87. The summed E-state index contributed by atoms with van der Waals surface area (Å²) in [6.07, 6.45) is 11.3. The molecule has 0 bridgehead atoms. The summed E-state index contributed by atoms with van der Waals surface area (Å²) in [5.74, 6) is 0.00738. The summed E-state index contributed by atoms with van der Waals surface area (Å²) in [6.45, 7) is 0.671. The van der Waals surface area contributed by atoms with Crippen molar-refractivity contribution in [2.75, 3.05) is 6.54 Å². The second-order valence-electron chi connectivity index (χ2n) is 6.75. The smallest absolute Gasteiger partial charge is 0.256 e. The Hall–Kier alpha value is -1.35. The molecule has 1 aromatic rings. The van der Waals surface area contributed by atoms with Gasteiger partial charge in [0.2, 0.25) is 0 Å². The molecule has 0 aliphatic carbocycles. The average molecular weight is 301 g/mol. The Kier molecular flexibility index (Phi) is 4.82. The summed E-state index contributed by atoms with van der Waals surface area (Å²) in [4.78, 5) is 14.4. The molecular weight excluding hydrogens is 274 g/mol. The second-order valence-corrected chi connectivity index (χ2v) is 6.75. The van der Waals surface area contributed by atoms with Crippen LogP contribution in [0.4, 0.5) is 0 Å². The number of hydrogen-bond acceptors (Lipinski definition) is 2. The molecule has 1 saturated heterocycles. The monoisotopic (exact) mass is 301 g/mol. The number of carbonyl (C=O) groups excluding carboxylic acids is 1. The number of amides is 1. The quantitative estimate of drug-likeness (QED) is 0.780. The molecule has 2 aliphatic heterocycles. The Bertz CT molecular complexity index is 528. The number of benzene rings is 1. The first-order valence-corrected chi connectivity index (χ1v) is 8.87. The molecule has 1 unspecified atom stereocenters. The van der Waals surface area contributed by atoms with E-state index in [0.29, 0.717) is 18.5 Å². The highest BCUT2D eigenvalue weighted by atomic mass is 16.3. The third-order valence-electron chi connectivity index (χ3n) is 5.19. The van der Waals surface area contributed by atoms with Crippen molar-refractivity contribution in [2.24, 2.45) is 0 Å². The molecule has 22 heavy (non-hydrogen) atoms. The minimum absolute atomic E-state index is 0.00738.